The van der Waals surface area contributed by atoms with Crippen LogP contribution in [0.25, 0.3) is 0 Å². The molecule has 1 N–H and O–H groups in total. The minimum atomic E-state index is -3.00. The first kappa shape index (κ1) is 17.0. The second kappa shape index (κ2) is 7.26. The third-order valence-electron chi connectivity index (χ3n) is 3.68. The van der Waals surface area contributed by atoms with Gasteiger partial charge >= 0.3 is 12.6 Å². The highest BCUT2D eigenvalue weighted by molar-refractivity contribution is 5.95. The van der Waals surface area contributed by atoms with E-state index in [1.165, 1.54) is 30.2 Å². The van der Waals surface area contributed by atoms with Crippen molar-refractivity contribution in [3.05, 3.63) is 23.8 Å². The van der Waals surface area contributed by atoms with Crippen LogP contribution in [0.5, 0.6) is 11.5 Å². The van der Waals surface area contributed by atoms with Gasteiger partial charge in [-0.2, -0.15) is 8.78 Å². The van der Waals surface area contributed by atoms with E-state index < -0.39 is 18.5 Å². The second-order valence-corrected chi connectivity index (χ2v) is 5.17. The van der Waals surface area contributed by atoms with Crippen molar-refractivity contribution < 1.29 is 33.0 Å². The van der Waals surface area contributed by atoms with Crippen molar-refractivity contribution in [1.29, 1.82) is 0 Å². The Morgan fingerprint density at radius 1 is 1.35 bits per heavy atom. The minimum Gasteiger partial charge on any atom is -0.493 e. The lowest BCUT2D eigenvalue weighted by Gasteiger charge is -2.30. The van der Waals surface area contributed by atoms with Crippen LogP contribution in [0.1, 0.15) is 23.2 Å². The fraction of sp³-hybridized carbons (Fsp3) is 0.467. The van der Waals surface area contributed by atoms with Gasteiger partial charge in [-0.1, -0.05) is 0 Å². The summed E-state index contributed by atoms with van der Waals surface area (Å²) < 4.78 is 33.9. The van der Waals surface area contributed by atoms with Gasteiger partial charge in [0, 0.05) is 18.7 Å². The number of halogens is 2. The monoisotopic (exact) mass is 329 g/mol. The topological polar surface area (TPSA) is 76.1 Å². The van der Waals surface area contributed by atoms with Crippen LogP contribution < -0.4 is 9.47 Å². The highest BCUT2D eigenvalue weighted by Gasteiger charge is 2.29. The summed E-state index contributed by atoms with van der Waals surface area (Å²) in [5, 5.41) is 9.07. The zero-order valence-electron chi connectivity index (χ0n) is 12.5. The van der Waals surface area contributed by atoms with Crippen LogP contribution in [0.4, 0.5) is 8.78 Å². The second-order valence-electron chi connectivity index (χ2n) is 5.17. The van der Waals surface area contributed by atoms with E-state index in [0.29, 0.717) is 19.4 Å². The lowest BCUT2D eigenvalue weighted by Crippen LogP contribution is -2.42. The number of likely N-dealkylation sites (tertiary alicyclic amines) is 1. The number of carbonyl (C=O) groups excluding carboxylic acids is 1. The molecule has 0 aromatic heterocycles. The minimum absolute atomic E-state index is 0.0166. The van der Waals surface area contributed by atoms with Crippen LogP contribution in [-0.2, 0) is 4.79 Å². The number of nitrogens with zero attached hydrogens (tertiary/aromatic N) is 1. The Balaban J connectivity index is 2.17. The SMILES string of the molecule is COc1cc(C(=O)N2CCCC(C(=O)O)C2)ccc1OC(F)F. The zero-order valence-corrected chi connectivity index (χ0v) is 12.5. The predicted molar refractivity (Wildman–Crippen MR) is 75.9 cm³/mol. The Kier molecular flexibility index (Phi) is 5.36. The largest absolute Gasteiger partial charge is 0.493 e. The Morgan fingerprint density at radius 3 is 2.70 bits per heavy atom. The van der Waals surface area contributed by atoms with Crippen LogP contribution in [0.15, 0.2) is 18.2 Å². The van der Waals surface area contributed by atoms with Crippen molar-refractivity contribution in [3.8, 4) is 11.5 Å². The van der Waals surface area contributed by atoms with Gasteiger partial charge in [0.25, 0.3) is 5.91 Å². The van der Waals surface area contributed by atoms with Gasteiger partial charge in [-0.05, 0) is 31.0 Å². The molecule has 1 aromatic carbocycles. The number of hydrogen-bond donors (Lipinski definition) is 1. The summed E-state index contributed by atoms with van der Waals surface area (Å²) >= 11 is 0. The number of alkyl halides is 2. The maximum atomic E-state index is 12.5. The molecule has 0 spiro atoms. The molecule has 1 saturated heterocycles. The zero-order chi connectivity index (χ0) is 17.0. The number of hydrogen-bond acceptors (Lipinski definition) is 4. The van der Waals surface area contributed by atoms with Crippen molar-refractivity contribution in [2.45, 2.75) is 19.5 Å². The Morgan fingerprint density at radius 2 is 2.09 bits per heavy atom. The van der Waals surface area contributed by atoms with Gasteiger partial charge in [0.05, 0.1) is 13.0 Å². The van der Waals surface area contributed by atoms with Crippen LogP contribution in [0.2, 0.25) is 0 Å². The summed E-state index contributed by atoms with van der Waals surface area (Å²) in [6, 6.07) is 3.90. The summed E-state index contributed by atoms with van der Waals surface area (Å²) in [7, 11) is 1.28. The van der Waals surface area contributed by atoms with Crippen molar-refractivity contribution >= 4 is 11.9 Å². The van der Waals surface area contributed by atoms with Crippen molar-refractivity contribution in [1.82, 2.24) is 4.90 Å². The molecule has 0 saturated carbocycles. The first-order chi connectivity index (χ1) is 10.9. The summed E-state index contributed by atoms with van der Waals surface area (Å²) in [6.45, 7) is -2.41. The molecular formula is C15H17F2NO5. The molecule has 126 valence electrons. The molecule has 1 aliphatic heterocycles. The molecule has 2 rings (SSSR count). The van der Waals surface area contributed by atoms with Crippen LogP contribution in [0, 0.1) is 5.92 Å². The summed E-state index contributed by atoms with van der Waals surface area (Å²) in [6.07, 6.45) is 1.13. The highest BCUT2D eigenvalue weighted by Crippen LogP contribution is 2.30. The lowest BCUT2D eigenvalue weighted by molar-refractivity contribution is -0.143. The number of amides is 1. The van der Waals surface area contributed by atoms with E-state index in [-0.39, 0.29) is 29.5 Å². The van der Waals surface area contributed by atoms with Gasteiger partial charge in [0.1, 0.15) is 0 Å². The van der Waals surface area contributed by atoms with Crippen LogP contribution in [0.3, 0.4) is 0 Å². The maximum Gasteiger partial charge on any atom is 0.387 e. The molecule has 8 heteroatoms. The molecule has 1 aromatic rings. The molecule has 6 nitrogen and oxygen atoms in total. The summed E-state index contributed by atoms with van der Waals surface area (Å²) in [4.78, 5) is 25.0. The molecule has 1 unspecified atom stereocenters. The number of aliphatic carboxylic acids is 1. The van der Waals surface area contributed by atoms with Crippen LogP contribution in [-0.4, -0.2) is 48.7 Å². The van der Waals surface area contributed by atoms with Gasteiger partial charge < -0.3 is 19.5 Å². The van der Waals surface area contributed by atoms with E-state index in [9.17, 15) is 18.4 Å². The van der Waals surface area contributed by atoms with E-state index in [0.717, 1.165) is 0 Å². The molecule has 1 heterocycles. The van der Waals surface area contributed by atoms with Gasteiger partial charge in [-0.3, -0.25) is 9.59 Å². The van der Waals surface area contributed by atoms with Crippen molar-refractivity contribution in [2.75, 3.05) is 20.2 Å². The predicted octanol–water partition coefficient (Wildman–Crippen LogP) is 2.23. The van der Waals surface area contributed by atoms with Crippen molar-refractivity contribution in [3.63, 3.8) is 0 Å². The molecule has 0 bridgehead atoms. The van der Waals surface area contributed by atoms with E-state index in [1.54, 1.807) is 0 Å². The average Bonchev–Trinajstić information content (AvgIpc) is 2.54. The molecule has 0 radical (unpaired) electrons. The Bertz CT molecular complexity index is 593. The highest BCUT2D eigenvalue weighted by atomic mass is 19.3. The number of methoxy groups -OCH3 is 1. The number of carboxylic acids is 1. The van der Waals surface area contributed by atoms with E-state index in [2.05, 4.69) is 4.74 Å². The maximum absolute atomic E-state index is 12.5. The smallest absolute Gasteiger partial charge is 0.387 e. The van der Waals surface area contributed by atoms with E-state index in [1.807, 2.05) is 0 Å². The van der Waals surface area contributed by atoms with E-state index in [4.69, 9.17) is 9.84 Å². The number of carboxylic acid groups (broad SMARTS) is 1. The molecule has 1 aliphatic rings. The molecule has 23 heavy (non-hydrogen) atoms. The first-order valence-corrected chi connectivity index (χ1v) is 7.07. The third-order valence-corrected chi connectivity index (χ3v) is 3.68. The third kappa shape index (κ3) is 4.08. The normalized spacial score (nSPS) is 17.9. The first-order valence-electron chi connectivity index (χ1n) is 7.07. The van der Waals surface area contributed by atoms with Gasteiger partial charge in [-0.15, -0.1) is 0 Å². The number of rotatable bonds is 5. The number of piperidine rings is 1. The average molecular weight is 329 g/mol. The van der Waals surface area contributed by atoms with E-state index >= 15 is 0 Å². The fourth-order valence-electron chi connectivity index (χ4n) is 2.54. The molecule has 1 fully saturated rings. The number of ether oxygens (including phenoxy) is 2. The Hall–Kier alpha value is -2.38. The molecular weight excluding hydrogens is 312 g/mol. The quantitative estimate of drug-likeness (QED) is 0.896. The van der Waals surface area contributed by atoms with Crippen molar-refractivity contribution in [2.24, 2.45) is 5.92 Å². The lowest BCUT2D eigenvalue weighted by atomic mass is 9.97. The van der Waals surface area contributed by atoms with Crippen LogP contribution >= 0.6 is 0 Å². The van der Waals surface area contributed by atoms with Gasteiger partial charge in [0.15, 0.2) is 11.5 Å². The van der Waals surface area contributed by atoms with Gasteiger partial charge in [0.2, 0.25) is 0 Å². The molecule has 0 aliphatic carbocycles. The van der Waals surface area contributed by atoms with Gasteiger partial charge in [-0.25, -0.2) is 0 Å². The fourth-order valence-corrected chi connectivity index (χ4v) is 2.54. The molecule has 1 atom stereocenters. The number of carbonyl (C=O) groups is 2. The summed E-state index contributed by atoms with van der Waals surface area (Å²) in [5.41, 5.74) is 0.231. The number of benzene rings is 1. The Labute approximate surface area is 131 Å². The molecule has 1 amide bonds. The standard InChI is InChI=1S/C15H17F2NO5/c1-22-12-7-9(4-5-11(12)23-15(16)17)13(19)18-6-2-3-10(8-18)14(20)21/h4-5,7,10,15H,2-3,6,8H2,1H3,(H,20,21). The summed E-state index contributed by atoms with van der Waals surface area (Å²) in [5.74, 6) is -2.03.